The Morgan fingerprint density at radius 3 is 2.74 bits per heavy atom. The minimum atomic E-state index is -0.325. The molecule has 2 heterocycles. The molecule has 0 atom stereocenters. The number of carbonyl (C=O) groups is 1. The molecule has 4 rings (SSSR count). The summed E-state index contributed by atoms with van der Waals surface area (Å²) in [7, 11) is 0. The van der Waals surface area contributed by atoms with E-state index >= 15 is 0 Å². The van der Waals surface area contributed by atoms with Gasteiger partial charge in [0.1, 0.15) is 11.8 Å². The molecule has 0 aliphatic heterocycles. The second-order valence-corrected chi connectivity index (χ2v) is 7.48. The van der Waals surface area contributed by atoms with Gasteiger partial charge in [0.15, 0.2) is 5.13 Å². The number of pyridine rings is 1. The van der Waals surface area contributed by atoms with Crippen LogP contribution in [0.15, 0.2) is 35.7 Å². The van der Waals surface area contributed by atoms with E-state index < -0.39 is 0 Å². The number of nitrogens with one attached hydrogen (secondary N) is 1. The number of nitriles is 1. The number of hydrogen-bond acceptors (Lipinski definition) is 5. The Bertz CT molecular complexity index is 1060. The van der Waals surface area contributed by atoms with Crippen molar-refractivity contribution in [2.24, 2.45) is 0 Å². The molecule has 5 nitrogen and oxygen atoms in total. The number of thiazole rings is 1. The molecule has 1 N–H and O–H groups in total. The summed E-state index contributed by atoms with van der Waals surface area (Å²) in [6.07, 6.45) is 4.79. The summed E-state index contributed by atoms with van der Waals surface area (Å²) in [4.78, 5) is 21.2. The number of aryl methyl sites for hydroxylation is 3. The number of carbonyl (C=O) groups excluding carboxylic acids is 1. The second-order valence-electron chi connectivity index (χ2n) is 6.62. The molecule has 0 saturated heterocycles. The number of nitrogens with zero attached hydrogens (tertiary/aromatic N) is 3. The van der Waals surface area contributed by atoms with Crippen LogP contribution in [0, 0.1) is 18.3 Å². The minimum Gasteiger partial charge on any atom is -0.296 e. The van der Waals surface area contributed by atoms with Gasteiger partial charge in [-0.3, -0.25) is 10.1 Å². The van der Waals surface area contributed by atoms with E-state index in [1.54, 1.807) is 19.1 Å². The SMILES string of the molecule is Cc1nc(C(=O)Nc2nc(-c3ccc4c(c3)CCCC4)cs2)ccc1C#N. The van der Waals surface area contributed by atoms with Crippen LogP contribution in [0.5, 0.6) is 0 Å². The van der Waals surface area contributed by atoms with E-state index in [-0.39, 0.29) is 11.6 Å². The Morgan fingerprint density at radius 1 is 1.15 bits per heavy atom. The molecule has 0 spiro atoms. The Balaban J connectivity index is 1.52. The molecule has 1 aromatic carbocycles. The van der Waals surface area contributed by atoms with E-state index in [1.165, 1.54) is 35.3 Å². The van der Waals surface area contributed by atoms with Crippen LogP contribution in [-0.4, -0.2) is 15.9 Å². The van der Waals surface area contributed by atoms with Crippen molar-refractivity contribution < 1.29 is 4.79 Å². The molecule has 0 radical (unpaired) electrons. The molecule has 0 fully saturated rings. The Hall–Kier alpha value is -3.04. The van der Waals surface area contributed by atoms with Crippen molar-refractivity contribution in [1.82, 2.24) is 9.97 Å². The highest BCUT2D eigenvalue weighted by molar-refractivity contribution is 7.14. The van der Waals surface area contributed by atoms with Gasteiger partial charge in [0.25, 0.3) is 5.91 Å². The molecule has 1 aliphatic rings. The number of aromatic nitrogens is 2. The maximum absolute atomic E-state index is 12.4. The summed E-state index contributed by atoms with van der Waals surface area (Å²) in [6.45, 7) is 1.72. The standard InChI is InChI=1S/C21H18N4OS/c1-13-17(11-22)8-9-18(23-13)20(26)25-21-24-19(12-27-21)16-7-6-14-4-2-3-5-15(14)10-16/h6-10,12H,2-5H2,1H3,(H,24,25,26). The lowest BCUT2D eigenvalue weighted by Gasteiger charge is -2.16. The topological polar surface area (TPSA) is 78.7 Å². The average molecular weight is 374 g/mol. The summed E-state index contributed by atoms with van der Waals surface area (Å²) in [5.41, 5.74) is 6.09. The van der Waals surface area contributed by atoms with Gasteiger partial charge >= 0.3 is 0 Å². The van der Waals surface area contributed by atoms with Gasteiger partial charge in [-0.25, -0.2) is 9.97 Å². The lowest BCUT2D eigenvalue weighted by Crippen LogP contribution is -2.14. The van der Waals surface area contributed by atoms with Crippen molar-refractivity contribution >= 4 is 22.4 Å². The Morgan fingerprint density at radius 2 is 1.96 bits per heavy atom. The molecule has 3 aromatic rings. The van der Waals surface area contributed by atoms with Crippen LogP contribution < -0.4 is 5.32 Å². The van der Waals surface area contributed by atoms with Gasteiger partial charge in [-0.1, -0.05) is 12.1 Å². The zero-order chi connectivity index (χ0) is 18.8. The number of benzene rings is 1. The fourth-order valence-corrected chi connectivity index (χ4v) is 4.04. The van der Waals surface area contributed by atoms with Crippen LogP contribution in [0.3, 0.4) is 0 Å². The smallest absolute Gasteiger partial charge is 0.276 e. The van der Waals surface area contributed by atoms with Crippen molar-refractivity contribution in [1.29, 1.82) is 5.26 Å². The third kappa shape index (κ3) is 3.60. The van der Waals surface area contributed by atoms with Crippen molar-refractivity contribution in [2.45, 2.75) is 32.6 Å². The first-order valence-electron chi connectivity index (χ1n) is 8.91. The second kappa shape index (κ2) is 7.29. The molecule has 27 heavy (non-hydrogen) atoms. The van der Waals surface area contributed by atoms with E-state index in [0.29, 0.717) is 16.4 Å². The average Bonchev–Trinajstić information content (AvgIpc) is 3.16. The zero-order valence-corrected chi connectivity index (χ0v) is 15.8. The molecule has 2 aromatic heterocycles. The highest BCUT2D eigenvalue weighted by Gasteiger charge is 2.14. The van der Waals surface area contributed by atoms with Crippen molar-refractivity contribution in [3.05, 3.63) is 63.8 Å². The number of anilines is 1. The summed E-state index contributed by atoms with van der Waals surface area (Å²) >= 11 is 1.39. The summed E-state index contributed by atoms with van der Waals surface area (Å²) < 4.78 is 0. The maximum atomic E-state index is 12.4. The van der Waals surface area contributed by atoms with Crippen molar-refractivity contribution in [3.8, 4) is 17.3 Å². The summed E-state index contributed by atoms with van der Waals surface area (Å²) in [5.74, 6) is -0.325. The first kappa shape index (κ1) is 17.4. The number of rotatable bonds is 3. The molecule has 0 unspecified atom stereocenters. The molecular weight excluding hydrogens is 356 g/mol. The normalized spacial score (nSPS) is 12.9. The number of fused-ring (bicyclic) bond motifs is 1. The van der Waals surface area contributed by atoms with Gasteiger partial charge in [-0.2, -0.15) is 5.26 Å². The largest absolute Gasteiger partial charge is 0.296 e. The summed E-state index contributed by atoms with van der Waals surface area (Å²) in [5, 5.41) is 14.3. The predicted molar refractivity (Wildman–Crippen MR) is 106 cm³/mol. The van der Waals surface area contributed by atoms with E-state index in [2.05, 4.69) is 33.5 Å². The predicted octanol–water partition coefficient (Wildman–Crippen LogP) is 4.52. The molecule has 6 heteroatoms. The quantitative estimate of drug-likeness (QED) is 0.731. The minimum absolute atomic E-state index is 0.275. The Labute approximate surface area is 161 Å². The van der Waals surface area contributed by atoms with Crippen LogP contribution in [0.2, 0.25) is 0 Å². The molecular formula is C21H18N4OS. The lowest BCUT2D eigenvalue weighted by atomic mass is 9.90. The van der Waals surface area contributed by atoms with E-state index in [4.69, 9.17) is 5.26 Å². The van der Waals surface area contributed by atoms with Gasteiger partial charge in [-0.15, -0.1) is 11.3 Å². The summed E-state index contributed by atoms with van der Waals surface area (Å²) in [6, 6.07) is 11.7. The van der Waals surface area contributed by atoms with Crippen LogP contribution in [0.25, 0.3) is 11.3 Å². The van der Waals surface area contributed by atoms with Gasteiger partial charge < -0.3 is 0 Å². The van der Waals surface area contributed by atoms with Gasteiger partial charge in [0, 0.05) is 10.9 Å². The Kier molecular flexibility index (Phi) is 4.69. The van der Waals surface area contributed by atoms with Gasteiger partial charge in [0.2, 0.25) is 0 Å². The van der Waals surface area contributed by atoms with Crippen LogP contribution >= 0.6 is 11.3 Å². The zero-order valence-electron chi connectivity index (χ0n) is 15.0. The van der Waals surface area contributed by atoms with Gasteiger partial charge in [-0.05, 0) is 61.9 Å². The number of hydrogen-bond donors (Lipinski definition) is 1. The van der Waals surface area contributed by atoms with Gasteiger partial charge in [0.05, 0.1) is 17.0 Å². The number of amides is 1. The molecule has 0 saturated carbocycles. The molecule has 1 amide bonds. The molecule has 0 bridgehead atoms. The van der Waals surface area contributed by atoms with Crippen molar-refractivity contribution in [2.75, 3.05) is 5.32 Å². The molecule has 134 valence electrons. The fraction of sp³-hybridized carbons (Fsp3) is 0.238. The van der Waals surface area contributed by atoms with E-state index in [0.717, 1.165) is 24.1 Å². The van der Waals surface area contributed by atoms with Crippen LogP contribution in [0.1, 0.15) is 45.7 Å². The van der Waals surface area contributed by atoms with Crippen LogP contribution in [0.4, 0.5) is 5.13 Å². The first-order valence-corrected chi connectivity index (χ1v) is 9.79. The fourth-order valence-electron chi connectivity index (χ4n) is 3.32. The highest BCUT2D eigenvalue weighted by Crippen LogP contribution is 2.29. The maximum Gasteiger partial charge on any atom is 0.276 e. The third-order valence-corrected chi connectivity index (χ3v) is 5.57. The highest BCUT2D eigenvalue weighted by atomic mass is 32.1. The lowest BCUT2D eigenvalue weighted by molar-refractivity contribution is 0.102. The molecule has 1 aliphatic carbocycles. The van der Waals surface area contributed by atoms with Crippen molar-refractivity contribution in [3.63, 3.8) is 0 Å². The van der Waals surface area contributed by atoms with E-state index in [1.807, 2.05) is 11.4 Å². The van der Waals surface area contributed by atoms with Crippen LogP contribution in [-0.2, 0) is 12.8 Å². The monoisotopic (exact) mass is 374 g/mol. The van der Waals surface area contributed by atoms with E-state index in [9.17, 15) is 4.79 Å². The first-order chi connectivity index (χ1) is 13.1. The third-order valence-electron chi connectivity index (χ3n) is 4.81.